The van der Waals surface area contributed by atoms with Crippen LogP contribution in [-0.4, -0.2) is 42.7 Å². The van der Waals surface area contributed by atoms with Crippen LogP contribution >= 0.6 is 0 Å². The van der Waals surface area contributed by atoms with E-state index >= 15 is 0 Å². The SMILES string of the molecule is Oc1ccc(CCCCN2CCN(c3ccccc3)CC2)cc1. The van der Waals surface area contributed by atoms with Crippen molar-refractivity contribution in [2.24, 2.45) is 0 Å². The standard InChI is InChI=1S/C20H26N2O/c23-20-11-9-18(10-12-20)6-4-5-13-21-14-16-22(17-15-21)19-7-2-1-3-8-19/h1-3,7-12,23H,4-6,13-17H2. The first-order valence-corrected chi connectivity index (χ1v) is 8.61. The Morgan fingerprint density at radius 2 is 1.48 bits per heavy atom. The molecule has 0 aliphatic carbocycles. The van der Waals surface area contributed by atoms with E-state index in [0.717, 1.165) is 32.6 Å². The van der Waals surface area contributed by atoms with Crippen molar-refractivity contribution >= 4 is 5.69 Å². The normalized spacial score (nSPS) is 15.7. The van der Waals surface area contributed by atoms with E-state index in [2.05, 4.69) is 40.1 Å². The second-order valence-electron chi connectivity index (χ2n) is 6.29. The first kappa shape index (κ1) is 15.9. The molecule has 1 fully saturated rings. The average Bonchev–Trinajstić information content (AvgIpc) is 2.62. The molecule has 3 nitrogen and oxygen atoms in total. The summed E-state index contributed by atoms with van der Waals surface area (Å²) in [5.74, 6) is 0.352. The third-order valence-electron chi connectivity index (χ3n) is 4.62. The Labute approximate surface area is 139 Å². The lowest BCUT2D eigenvalue weighted by Gasteiger charge is -2.36. The summed E-state index contributed by atoms with van der Waals surface area (Å²) in [6.45, 7) is 5.77. The minimum Gasteiger partial charge on any atom is -0.508 e. The smallest absolute Gasteiger partial charge is 0.115 e. The molecule has 0 unspecified atom stereocenters. The number of benzene rings is 2. The lowest BCUT2D eigenvalue weighted by molar-refractivity contribution is 0.253. The van der Waals surface area contributed by atoms with E-state index < -0.39 is 0 Å². The molecule has 23 heavy (non-hydrogen) atoms. The van der Waals surface area contributed by atoms with E-state index in [1.807, 2.05) is 12.1 Å². The molecule has 3 heteroatoms. The maximum absolute atomic E-state index is 9.29. The minimum absolute atomic E-state index is 0.352. The highest BCUT2D eigenvalue weighted by Crippen LogP contribution is 2.16. The summed E-state index contributed by atoms with van der Waals surface area (Å²) in [6.07, 6.45) is 3.56. The number of nitrogens with zero attached hydrogens (tertiary/aromatic N) is 2. The second-order valence-corrected chi connectivity index (χ2v) is 6.29. The number of aryl methyl sites for hydroxylation is 1. The van der Waals surface area contributed by atoms with Crippen molar-refractivity contribution in [3.63, 3.8) is 0 Å². The van der Waals surface area contributed by atoms with Gasteiger partial charge >= 0.3 is 0 Å². The molecule has 1 aliphatic heterocycles. The number of piperazine rings is 1. The number of hydrogen-bond acceptors (Lipinski definition) is 3. The highest BCUT2D eigenvalue weighted by atomic mass is 16.3. The largest absolute Gasteiger partial charge is 0.508 e. The van der Waals surface area contributed by atoms with Crippen LogP contribution in [0.4, 0.5) is 5.69 Å². The van der Waals surface area contributed by atoms with Crippen LogP contribution in [0.15, 0.2) is 54.6 Å². The van der Waals surface area contributed by atoms with Gasteiger partial charge in [-0.25, -0.2) is 0 Å². The molecule has 1 aliphatic rings. The van der Waals surface area contributed by atoms with E-state index in [9.17, 15) is 5.11 Å². The van der Waals surface area contributed by atoms with Gasteiger partial charge in [0.25, 0.3) is 0 Å². The first-order chi connectivity index (χ1) is 11.3. The molecule has 2 aromatic carbocycles. The molecule has 0 atom stereocenters. The Morgan fingerprint density at radius 3 is 2.17 bits per heavy atom. The summed E-state index contributed by atoms with van der Waals surface area (Å²) in [7, 11) is 0. The summed E-state index contributed by atoms with van der Waals surface area (Å²) in [5.41, 5.74) is 2.66. The zero-order valence-corrected chi connectivity index (χ0v) is 13.7. The van der Waals surface area contributed by atoms with E-state index in [0.29, 0.717) is 5.75 Å². The summed E-state index contributed by atoms with van der Waals surface area (Å²) >= 11 is 0. The van der Waals surface area contributed by atoms with Gasteiger partial charge in [0.05, 0.1) is 0 Å². The van der Waals surface area contributed by atoms with Gasteiger partial charge < -0.3 is 10.0 Å². The highest BCUT2D eigenvalue weighted by Gasteiger charge is 2.16. The summed E-state index contributed by atoms with van der Waals surface area (Å²) in [5, 5.41) is 9.29. The van der Waals surface area contributed by atoms with Gasteiger partial charge in [0, 0.05) is 31.9 Å². The van der Waals surface area contributed by atoms with E-state index in [1.54, 1.807) is 12.1 Å². The number of rotatable bonds is 6. The van der Waals surface area contributed by atoms with Crippen molar-refractivity contribution in [1.29, 1.82) is 0 Å². The fraction of sp³-hybridized carbons (Fsp3) is 0.400. The number of phenolic OH excluding ortho intramolecular Hbond substituents is 1. The Balaban J connectivity index is 1.34. The van der Waals surface area contributed by atoms with Gasteiger partial charge in [-0.2, -0.15) is 0 Å². The van der Waals surface area contributed by atoms with E-state index in [-0.39, 0.29) is 0 Å². The minimum atomic E-state index is 0.352. The molecule has 1 N–H and O–H groups in total. The molecule has 1 saturated heterocycles. The number of hydrogen-bond donors (Lipinski definition) is 1. The number of para-hydroxylation sites is 1. The number of anilines is 1. The van der Waals surface area contributed by atoms with Crippen LogP contribution in [0.25, 0.3) is 0 Å². The monoisotopic (exact) mass is 310 g/mol. The summed E-state index contributed by atoms with van der Waals surface area (Å²) in [6, 6.07) is 18.3. The topological polar surface area (TPSA) is 26.7 Å². The fourth-order valence-electron chi connectivity index (χ4n) is 3.20. The molecule has 1 heterocycles. The summed E-state index contributed by atoms with van der Waals surface area (Å²) < 4.78 is 0. The zero-order valence-electron chi connectivity index (χ0n) is 13.7. The van der Waals surface area contributed by atoms with Gasteiger partial charge in [-0.1, -0.05) is 30.3 Å². The van der Waals surface area contributed by atoms with Crippen LogP contribution in [0.2, 0.25) is 0 Å². The van der Waals surface area contributed by atoms with Gasteiger partial charge in [0.2, 0.25) is 0 Å². The second kappa shape index (κ2) is 8.02. The molecule has 122 valence electrons. The van der Waals surface area contributed by atoms with Gasteiger partial charge in [-0.15, -0.1) is 0 Å². The van der Waals surface area contributed by atoms with E-state index in [4.69, 9.17) is 0 Å². The molecule has 2 aromatic rings. The Morgan fingerprint density at radius 1 is 0.783 bits per heavy atom. The molecule has 0 amide bonds. The van der Waals surface area contributed by atoms with Gasteiger partial charge in [-0.3, -0.25) is 4.90 Å². The lowest BCUT2D eigenvalue weighted by Crippen LogP contribution is -2.46. The van der Waals surface area contributed by atoms with Gasteiger partial charge in [0.15, 0.2) is 0 Å². The van der Waals surface area contributed by atoms with Crippen molar-refractivity contribution < 1.29 is 5.11 Å². The van der Waals surface area contributed by atoms with Crippen molar-refractivity contribution in [3.05, 3.63) is 60.2 Å². The molecule has 0 bridgehead atoms. The molecule has 0 saturated carbocycles. The maximum Gasteiger partial charge on any atom is 0.115 e. The third kappa shape index (κ3) is 4.73. The van der Waals surface area contributed by atoms with Crippen molar-refractivity contribution in [2.45, 2.75) is 19.3 Å². The predicted octanol–water partition coefficient (Wildman–Crippen LogP) is 3.54. The molecule has 0 spiro atoms. The molecule has 0 radical (unpaired) electrons. The quantitative estimate of drug-likeness (QED) is 0.827. The van der Waals surface area contributed by atoms with Crippen LogP contribution in [-0.2, 0) is 6.42 Å². The lowest BCUT2D eigenvalue weighted by atomic mass is 10.1. The average molecular weight is 310 g/mol. The predicted molar refractivity (Wildman–Crippen MR) is 96.1 cm³/mol. The van der Waals surface area contributed by atoms with Crippen LogP contribution in [0.5, 0.6) is 5.75 Å². The van der Waals surface area contributed by atoms with Gasteiger partial charge in [0.1, 0.15) is 5.75 Å². The van der Waals surface area contributed by atoms with Crippen molar-refractivity contribution in [1.82, 2.24) is 4.90 Å². The fourth-order valence-corrected chi connectivity index (χ4v) is 3.20. The van der Waals surface area contributed by atoms with E-state index in [1.165, 1.54) is 30.6 Å². The maximum atomic E-state index is 9.29. The Hall–Kier alpha value is -2.00. The Kier molecular flexibility index (Phi) is 5.54. The van der Waals surface area contributed by atoms with Crippen LogP contribution < -0.4 is 4.90 Å². The Bertz CT molecular complexity index is 574. The molecule has 0 aromatic heterocycles. The van der Waals surface area contributed by atoms with Gasteiger partial charge in [-0.05, 0) is 55.6 Å². The van der Waals surface area contributed by atoms with Crippen LogP contribution in [0.3, 0.4) is 0 Å². The van der Waals surface area contributed by atoms with Crippen LogP contribution in [0, 0.1) is 0 Å². The van der Waals surface area contributed by atoms with Crippen molar-refractivity contribution in [2.75, 3.05) is 37.6 Å². The molecular weight excluding hydrogens is 284 g/mol. The molecule has 3 rings (SSSR count). The third-order valence-corrected chi connectivity index (χ3v) is 4.62. The number of unbranched alkanes of at least 4 members (excludes halogenated alkanes) is 1. The first-order valence-electron chi connectivity index (χ1n) is 8.61. The molecular formula is C20H26N2O. The zero-order chi connectivity index (χ0) is 15.9. The number of aromatic hydroxyl groups is 1. The highest BCUT2D eigenvalue weighted by molar-refractivity contribution is 5.46. The summed E-state index contributed by atoms with van der Waals surface area (Å²) in [4.78, 5) is 5.06. The number of phenols is 1. The van der Waals surface area contributed by atoms with Crippen molar-refractivity contribution in [3.8, 4) is 5.75 Å². The van der Waals surface area contributed by atoms with Crippen LogP contribution in [0.1, 0.15) is 18.4 Å².